The van der Waals surface area contributed by atoms with Crippen LogP contribution in [-0.4, -0.2) is 25.5 Å². The van der Waals surface area contributed by atoms with E-state index in [1.165, 1.54) is 12.8 Å². The minimum Gasteiger partial charge on any atom is -0.501 e. The maximum Gasteiger partial charge on any atom is 0.161 e. The lowest BCUT2D eigenvalue weighted by Crippen LogP contribution is -2.30. The van der Waals surface area contributed by atoms with Crippen molar-refractivity contribution >= 4 is 5.78 Å². The van der Waals surface area contributed by atoms with Gasteiger partial charge in [-0.1, -0.05) is 0 Å². The van der Waals surface area contributed by atoms with Crippen LogP contribution in [0.2, 0.25) is 0 Å². The molecule has 2 heterocycles. The van der Waals surface area contributed by atoms with E-state index in [0.717, 1.165) is 44.5 Å². The fourth-order valence-corrected chi connectivity index (χ4v) is 2.44. The van der Waals surface area contributed by atoms with Gasteiger partial charge in [-0.15, -0.1) is 0 Å². The number of nitrogens with one attached hydrogen (secondary N) is 1. The van der Waals surface area contributed by atoms with Crippen molar-refractivity contribution in [1.82, 2.24) is 5.32 Å². The Kier molecular flexibility index (Phi) is 4.40. The molecule has 3 nitrogen and oxygen atoms in total. The Morgan fingerprint density at radius 1 is 1.50 bits per heavy atom. The van der Waals surface area contributed by atoms with Crippen LogP contribution in [0.5, 0.6) is 0 Å². The molecule has 0 bridgehead atoms. The Bertz CT molecular complexity index is 267. The fourth-order valence-electron chi connectivity index (χ4n) is 2.44. The lowest BCUT2D eigenvalue weighted by atomic mass is 9.92. The van der Waals surface area contributed by atoms with Gasteiger partial charge in [0.2, 0.25) is 0 Å². The maximum absolute atomic E-state index is 11.9. The van der Waals surface area contributed by atoms with E-state index in [1.54, 1.807) is 6.26 Å². The monoisotopic (exact) mass is 223 g/mol. The standard InChI is InChI=1S/C13H21NO2/c15-13(12-4-2-8-16-10-12)6-5-11-3-1-7-14-9-11/h10-11,14H,1-9H2. The van der Waals surface area contributed by atoms with E-state index in [4.69, 9.17) is 4.74 Å². The molecule has 0 spiro atoms. The molecule has 2 aliphatic rings. The fraction of sp³-hybridized carbons (Fsp3) is 0.769. The molecule has 0 aliphatic carbocycles. The third kappa shape index (κ3) is 3.34. The van der Waals surface area contributed by atoms with Gasteiger partial charge in [0.25, 0.3) is 0 Å². The average molecular weight is 223 g/mol. The minimum absolute atomic E-state index is 0.297. The molecule has 1 saturated heterocycles. The molecule has 1 unspecified atom stereocenters. The van der Waals surface area contributed by atoms with E-state index >= 15 is 0 Å². The molecule has 90 valence electrons. The molecule has 0 saturated carbocycles. The summed E-state index contributed by atoms with van der Waals surface area (Å²) >= 11 is 0. The maximum atomic E-state index is 11.9. The number of ketones is 1. The molecule has 0 aromatic rings. The lowest BCUT2D eigenvalue weighted by Gasteiger charge is -2.22. The van der Waals surface area contributed by atoms with Crippen LogP contribution in [0.1, 0.15) is 38.5 Å². The number of Topliss-reactive ketones (excluding diaryl/α,β-unsaturated/α-hetero) is 1. The predicted octanol–water partition coefficient (Wildman–Crippen LogP) is 2.03. The highest BCUT2D eigenvalue weighted by molar-refractivity contribution is 5.95. The summed E-state index contributed by atoms with van der Waals surface area (Å²) in [4.78, 5) is 11.9. The van der Waals surface area contributed by atoms with E-state index in [-0.39, 0.29) is 0 Å². The van der Waals surface area contributed by atoms with Crippen molar-refractivity contribution in [1.29, 1.82) is 0 Å². The van der Waals surface area contributed by atoms with Crippen LogP contribution in [-0.2, 0) is 9.53 Å². The van der Waals surface area contributed by atoms with Crippen molar-refractivity contribution in [2.75, 3.05) is 19.7 Å². The van der Waals surface area contributed by atoms with E-state index in [9.17, 15) is 4.79 Å². The first kappa shape index (κ1) is 11.6. The number of carbonyl (C=O) groups is 1. The van der Waals surface area contributed by atoms with Gasteiger partial charge in [0.05, 0.1) is 12.9 Å². The molecule has 1 atom stereocenters. The second-order valence-corrected chi connectivity index (χ2v) is 4.79. The highest BCUT2D eigenvalue weighted by Gasteiger charge is 2.17. The molecule has 0 aromatic carbocycles. The van der Waals surface area contributed by atoms with Crippen LogP contribution in [0.25, 0.3) is 0 Å². The number of rotatable bonds is 4. The number of hydrogen-bond donors (Lipinski definition) is 1. The number of piperidine rings is 1. The summed E-state index contributed by atoms with van der Waals surface area (Å²) in [6, 6.07) is 0. The summed E-state index contributed by atoms with van der Waals surface area (Å²) in [5.41, 5.74) is 0.898. The SMILES string of the molecule is O=C(CCC1CCCNC1)C1=COCCC1. The predicted molar refractivity (Wildman–Crippen MR) is 63.1 cm³/mol. The van der Waals surface area contributed by atoms with E-state index in [2.05, 4.69) is 5.32 Å². The molecule has 1 fully saturated rings. The van der Waals surface area contributed by atoms with Gasteiger partial charge in [0.15, 0.2) is 5.78 Å². The molecule has 2 aliphatic heterocycles. The zero-order valence-electron chi connectivity index (χ0n) is 9.84. The molecule has 0 amide bonds. The summed E-state index contributed by atoms with van der Waals surface area (Å²) in [7, 11) is 0. The molecule has 0 aromatic heterocycles. The lowest BCUT2D eigenvalue weighted by molar-refractivity contribution is -0.116. The molecular formula is C13H21NO2. The van der Waals surface area contributed by atoms with Gasteiger partial charge in [-0.3, -0.25) is 4.79 Å². The van der Waals surface area contributed by atoms with E-state index in [0.29, 0.717) is 18.1 Å². The Morgan fingerprint density at radius 2 is 2.44 bits per heavy atom. The van der Waals surface area contributed by atoms with Crippen LogP contribution in [0.3, 0.4) is 0 Å². The second-order valence-electron chi connectivity index (χ2n) is 4.79. The normalized spacial score (nSPS) is 25.8. The second kappa shape index (κ2) is 6.04. The van der Waals surface area contributed by atoms with Gasteiger partial charge in [-0.2, -0.15) is 0 Å². The van der Waals surface area contributed by atoms with Crippen molar-refractivity contribution in [2.24, 2.45) is 5.92 Å². The van der Waals surface area contributed by atoms with Crippen molar-refractivity contribution in [3.8, 4) is 0 Å². The van der Waals surface area contributed by atoms with Crippen LogP contribution in [0.15, 0.2) is 11.8 Å². The number of allylic oxidation sites excluding steroid dienone is 1. The van der Waals surface area contributed by atoms with Gasteiger partial charge < -0.3 is 10.1 Å². The van der Waals surface area contributed by atoms with Crippen molar-refractivity contribution < 1.29 is 9.53 Å². The minimum atomic E-state index is 0.297. The third-order valence-corrected chi connectivity index (χ3v) is 3.47. The quantitative estimate of drug-likeness (QED) is 0.792. The summed E-state index contributed by atoms with van der Waals surface area (Å²) in [5.74, 6) is 0.994. The highest BCUT2D eigenvalue weighted by Crippen LogP contribution is 2.20. The van der Waals surface area contributed by atoms with Gasteiger partial charge >= 0.3 is 0 Å². The Morgan fingerprint density at radius 3 is 3.12 bits per heavy atom. The molecule has 0 radical (unpaired) electrons. The number of ether oxygens (including phenoxy) is 1. The zero-order chi connectivity index (χ0) is 11.2. The van der Waals surface area contributed by atoms with Crippen molar-refractivity contribution in [2.45, 2.75) is 38.5 Å². The molecule has 2 rings (SSSR count). The number of carbonyl (C=O) groups excluding carboxylic acids is 1. The van der Waals surface area contributed by atoms with E-state index in [1.807, 2.05) is 0 Å². The van der Waals surface area contributed by atoms with Crippen molar-refractivity contribution in [3.05, 3.63) is 11.8 Å². The van der Waals surface area contributed by atoms with Gasteiger partial charge in [0, 0.05) is 12.0 Å². The first-order valence-corrected chi connectivity index (χ1v) is 6.41. The van der Waals surface area contributed by atoms with Crippen LogP contribution < -0.4 is 5.32 Å². The highest BCUT2D eigenvalue weighted by atomic mass is 16.5. The Hall–Kier alpha value is -0.830. The summed E-state index contributed by atoms with van der Waals surface area (Å²) in [6.45, 7) is 3.00. The third-order valence-electron chi connectivity index (χ3n) is 3.47. The first-order chi connectivity index (χ1) is 7.86. The molecule has 16 heavy (non-hydrogen) atoms. The summed E-state index contributed by atoms with van der Waals surface area (Å²) < 4.78 is 5.20. The summed E-state index contributed by atoms with van der Waals surface area (Å²) in [6.07, 6.45) is 7.82. The Balaban J connectivity index is 1.72. The molecule has 3 heteroatoms. The van der Waals surface area contributed by atoms with Gasteiger partial charge in [-0.05, 0) is 51.1 Å². The summed E-state index contributed by atoms with van der Waals surface area (Å²) in [5, 5.41) is 3.39. The smallest absolute Gasteiger partial charge is 0.161 e. The topological polar surface area (TPSA) is 38.3 Å². The first-order valence-electron chi connectivity index (χ1n) is 6.41. The zero-order valence-corrected chi connectivity index (χ0v) is 9.84. The number of hydrogen-bond acceptors (Lipinski definition) is 3. The van der Waals surface area contributed by atoms with E-state index < -0.39 is 0 Å². The van der Waals surface area contributed by atoms with Crippen LogP contribution >= 0.6 is 0 Å². The molecular weight excluding hydrogens is 202 g/mol. The Labute approximate surface area is 97.2 Å². The average Bonchev–Trinajstić information content (AvgIpc) is 2.38. The van der Waals surface area contributed by atoms with Crippen molar-refractivity contribution in [3.63, 3.8) is 0 Å². The largest absolute Gasteiger partial charge is 0.501 e. The van der Waals surface area contributed by atoms with Gasteiger partial charge in [0.1, 0.15) is 0 Å². The van der Waals surface area contributed by atoms with Crippen LogP contribution in [0, 0.1) is 5.92 Å². The van der Waals surface area contributed by atoms with Crippen LogP contribution in [0.4, 0.5) is 0 Å². The van der Waals surface area contributed by atoms with Gasteiger partial charge in [-0.25, -0.2) is 0 Å². The molecule has 1 N–H and O–H groups in total.